The van der Waals surface area contributed by atoms with Gasteiger partial charge >= 0.3 is 0 Å². The fourth-order valence-electron chi connectivity index (χ4n) is 3.21. The first-order chi connectivity index (χ1) is 11.9. The molecule has 1 fully saturated rings. The van der Waals surface area contributed by atoms with Crippen LogP contribution in [0.4, 0.5) is 0 Å². The van der Waals surface area contributed by atoms with Crippen molar-refractivity contribution in [3.63, 3.8) is 0 Å². The third-order valence-corrected chi connectivity index (χ3v) is 5.53. The number of hydrogen-bond acceptors (Lipinski definition) is 3. The maximum Gasteiger partial charge on any atom is 0.125 e. The lowest BCUT2D eigenvalue weighted by atomic mass is 10.1. The van der Waals surface area contributed by atoms with Gasteiger partial charge in [-0.25, -0.2) is 4.98 Å². The van der Waals surface area contributed by atoms with Gasteiger partial charge in [0.05, 0.1) is 5.69 Å². The zero-order chi connectivity index (χ0) is 15.9. The van der Waals surface area contributed by atoms with Gasteiger partial charge in [-0.15, -0.1) is 11.3 Å². The van der Waals surface area contributed by atoms with E-state index in [0.29, 0.717) is 5.92 Å². The summed E-state index contributed by atoms with van der Waals surface area (Å²) < 4.78 is 0. The summed E-state index contributed by atoms with van der Waals surface area (Å²) in [5.41, 5.74) is 4.83. The van der Waals surface area contributed by atoms with Crippen molar-refractivity contribution in [2.24, 2.45) is 0 Å². The monoisotopic (exact) mass is 328 g/mol. The molecule has 0 unspecified atom stereocenters. The molecule has 0 aliphatic heterocycles. The fourth-order valence-corrected chi connectivity index (χ4v) is 4.07. The number of hydrogen-bond donors (Lipinski definition) is 0. The Balaban J connectivity index is 1.57. The van der Waals surface area contributed by atoms with E-state index in [2.05, 4.69) is 58.9 Å². The molecule has 0 saturated heterocycles. The molecule has 2 nitrogen and oxygen atoms in total. The molecule has 1 aliphatic rings. The Hall–Kier alpha value is -2.52. The third kappa shape index (κ3) is 2.42. The molecule has 4 aromatic rings. The third-order valence-electron chi connectivity index (χ3n) is 4.65. The van der Waals surface area contributed by atoms with Crippen LogP contribution in [0.2, 0.25) is 0 Å². The molecule has 24 heavy (non-hydrogen) atoms. The predicted molar refractivity (Wildman–Crippen MR) is 100 cm³/mol. The molecule has 0 atom stereocenters. The van der Waals surface area contributed by atoms with Crippen molar-refractivity contribution in [2.75, 3.05) is 0 Å². The van der Waals surface area contributed by atoms with Crippen LogP contribution in [0.5, 0.6) is 0 Å². The van der Waals surface area contributed by atoms with E-state index in [4.69, 9.17) is 4.98 Å². The van der Waals surface area contributed by atoms with E-state index in [0.717, 1.165) is 10.7 Å². The second kappa shape index (κ2) is 5.53. The minimum atomic E-state index is 0.705. The van der Waals surface area contributed by atoms with Crippen molar-refractivity contribution in [1.29, 1.82) is 0 Å². The maximum absolute atomic E-state index is 4.91. The highest BCUT2D eigenvalue weighted by Crippen LogP contribution is 2.44. The molecule has 2 heterocycles. The Morgan fingerprint density at radius 3 is 2.71 bits per heavy atom. The molecule has 0 bridgehead atoms. The lowest BCUT2D eigenvalue weighted by Gasteiger charge is -2.04. The first-order valence-corrected chi connectivity index (χ1v) is 9.15. The highest BCUT2D eigenvalue weighted by atomic mass is 32.1. The van der Waals surface area contributed by atoms with Crippen LogP contribution >= 0.6 is 11.3 Å². The lowest BCUT2D eigenvalue weighted by Crippen LogP contribution is -1.88. The summed E-state index contributed by atoms with van der Waals surface area (Å²) in [6, 6.07) is 17.2. The van der Waals surface area contributed by atoms with Gasteiger partial charge in [-0.2, -0.15) is 0 Å². The van der Waals surface area contributed by atoms with E-state index >= 15 is 0 Å². The number of rotatable bonds is 3. The molecule has 2 aromatic carbocycles. The second-order valence-corrected chi connectivity index (χ2v) is 7.20. The normalized spacial score (nSPS) is 14.2. The minimum Gasteiger partial charge on any atom is -0.264 e. The number of benzene rings is 2. The molecule has 1 aliphatic carbocycles. The zero-order valence-corrected chi connectivity index (χ0v) is 14.0. The van der Waals surface area contributed by atoms with Crippen LogP contribution in [0.1, 0.15) is 24.3 Å². The van der Waals surface area contributed by atoms with E-state index in [1.807, 2.05) is 12.4 Å². The average molecular weight is 328 g/mol. The van der Waals surface area contributed by atoms with Crippen molar-refractivity contribution in [3.8, 4) is 21.8 Å². The van der Waals surface area contributed by atoms with Crippen LogP contribution in [-0.2, 0) is 0 Å². The quantitative estimate of drug-likeness (QED) is 0.468. The van der Waals surface area contributed by atoms with Crippen LogP contribution < -0.4 is 0 Å². The number of fused-ring (bicyclic) bond motifs is 1. The largest absolute Gasteiger partial charge is 0.264 e. The van der Waals surface area contributed by atoms with E-state index in [1.165, 1.54) is 40.3 Å². The summed E-state index contributed by atoms with van der Waals surface area (Å²) in [6.07, 6.45) is 6.45. The van der Waals surface area contributed by atoms with Crippen molar-refractivity contribution in [2.45, 2.75) is 18.8 Å². The highest BCUT2D eigenvalue weighted by molar-refractivity contribution is 7.13. The topological polar surface area (TPSA) is 25.8 Å². The maximum atomic E-state index is 4.91. The van der Waals surface area contributed by atoms with Crippen molar-refractivity contribution < 1.29 is 0 Å². The second-order valence-electron chi connectivity index (χ2n) is 6.34. The summed E-state index contributed by atoms with van der Waals surface area (Å²) >= 11 is 1.71. The Labute approximate surface area is 144 Å². The van der Waals surface area contributed by atoms with E-state index in [-0.39, 0.29) is 0 Å². The molecule has 116 valence electrons. The zero-order valence-electron chi connectivity index (χ0n) is 13.1. The van der Waals surface area contributed by atoms with Gasteiger partial charge in [-0.3, -0.25) is 4.98 Å². The van der Waals surface area contributed by atoms with Gasteiger partial charge in [0, 0.05) is 28.9 Å². The molecule has 1 saturated carbocycles. The molecular weight excluding hydrogens is 312 g/mol. The first-order valence-electron chi connectivity index (χ1n) is 8.27. The number of aromatic nitrogens is 2. The number of nitrogens with zero attached hydrogens (tertiary/aromatic N) is 2. The standard InChI is InChI=1S/C21H16N2S/c1-2-4-16-11-17(8-5-14(16)3-1)20-13-24-21(23-20)19-12-22-10-9-18(19)15-6-7-15/h1-5,8-13,15H,6-7H2. The fraction of sp³-hybridized carbons (Fsp3) is 0.143. The van der Waals surface area contributed by atoms with Gasteiger partial charge in [0.25, 0.3) is 0 Å². The number of thiazole rings is 1. The molecule has 0 amide bonds. The van der Waals surface area contributed by atoms with E-state index < -0.39 is 0 Å². The summed E-state index contributed by atoms with van der Waals surface area (Å²) in [5.74, 6) is 0.705. The van der Waals surface area contributed by atoms with Gasteiger partial charge in [0.2, 0.25) is 0 Å². The molecule has 0 N–H and O–H groups in total. The minimum absolute atomic E-state index is 0.705. The van der Waals surface area contributed by atoms with Gasteiger partial charge < -0.3 is 0 Å². The van der Waals surface area contributed by atoms with Crippen molar-refractivity contribution >= 4 is 22.1 Å². The van der Waals surface area contributed by atoms with Gasteiger partial charge in [-0.1, -0.05) is 36.4 Å². The lowest BCUT2D eigenvalue weighted by molar-refractivity contribution is 1.11. The van der Waals surface area contributed by atoms with Crippen LogP contribution in [-0.4, -0.2) is 9.97 Å². The van der Waals surface area contributed by atoms with Crippen molar-refractivity contribution in [3.05, 3.63) is 71.9 Å². The molecule has 5 rings (SSSR count). The van der Waals surface area contributed by atoms with E-state index in [1.54, 1.807) is 11.3 Å². The smallest absolute Gasteiger partial charge is 0.125 e. The highest BCUT2D eigenvalue weighted by Gasteiger charge is 2.27. The summed E-state index contributed by atoms with van der Waals surface area (Å²) in [7, 11) is 0. The molecule has 0 radical (unpaired) electrons. The number of pyridine rings is 1. The Morgan fingerprint density at radius 2 is 1.83 bits per heavy atom. The van der Waals surface area contributed by atoms with Crippen LogP contribution in [0, 0.1) is 0 Å². The predicted octanol–water partition coefficient (Wildman–Crippen LogP) is 5.90. The first kappa shape index (κ1) is 13.9. The van der Waals surface area contributed by atoms with Gasteiger partial charge in [-0.05, 0) is 47.2 Å². The van der Waals surface area contributed by atoms with Gasteiger partial charge in [0.15, 0.2) is 0 Å². The Bertz CT molecular complexity index is 1030. The van der Waals surface area contributed by atoms with Crippen LogP contribution in [0.3, 0.4) is 0 Å². The average Bonchev–Trinajstić information content (AvgIpc) is 3.38. The Kier molecular flexibility index (Phi) is 3.20. The van der Waals surface area contributed by atoms with E-state index in [9.17, 15) is 0 Å². The summed E-state index contributed by atoms with van der Waals surface area (Å²) in [5, 5.41) is 5.75. The Morgan fingerprint density at radius 1 is 0.958 bits per heavy atom. The summed E-state index contributed by atoms with van der Waals surface area (Å²) in [6.45, 7) is 0. The molecular formula is C21H16N2S. The molecule has 2 aromatic heterocycles. The SMILES string of the molecule is c1ccc2cc(-c3csc(-c4cnccc4C4CC4)n3)ccc2c1. The summed E-state index contributed by atoms with van der Waals surface area (Å²) in [4.78, 5) is 9.23. The van der Waals surface area contributed by atoms with Crippen LogP contribution in [0.25, 0.3) is 32.6 Å². The molecule has 3 heteroatoms. The van der Waals surface area contributed by atoms with Crippen LogP contribution in [0.15, 0.2) is 66.3 Å². The van der Waals surface area contributed by atoms with Gasteiger partial charge in [0.1, 0.15) is 5.01 Å². The molecule has 0 spiro atoms. The van der Waals surface area contributed by atoms with Crippen molar-refractivity contribution in [1.82, 2.24) is 9.97 Å².